The van der Waals surface area contributed by atoms with Crippen molar-refractivity contribution in [3.8, 4) is 0 Å². The second-order valence-electron chi connectivity index (χ2n) is 6.43. The molecular formula is C13H19N3O3S. The quantitative estimate of drug-likeness (QED) is 0.755. The summed E-state index contributed by atoms with van der Waals surface area (Å²) in [6, 6.07) is 0.0924. The molecule has 0 radical (unpaired) electrons. The molecule has 7 heteroatoms. The summed E-state index contributed by atoms with van der Waals surface area (Å²) >= 11 is 0. The van der Waals surface area contributed by atoms with Gasteiger partial charge in [0.05, 0.1) is 6.61 Å². The van der Waals surface area contributed by atoms with Crippen molar-refractivity contribution < 1.29 is 13.5 Å². The minimum Gasteiger partial charge on any atom is -0.392 e. The average molecular weight is 297 g/mol. The normalized spacial score (nSPS) is 38.2. The first-order valence-electron chi connectivity index (χ1n) is 7.20. The van der Waals surface area contributed by atoms with Gasteiger partial charge in [0.1, 0.15) is 0 Å². The topological polar surface area (TPSA) is 95.1 Å². The highest BCUT2D eigenvalue weighted by Gasteiger charge is 2.65. The largest absolute Gasteiger partial charge is 0.392 e. The fourth-order valence-corrected chi connectivity index (χ4v) is 6.05. The van der Waals surface area contributed by atoms with E-state index in [0.717, 1.165) is 11.8 Å². The summed E-state index contributed by atoms with van der Waals surface area (Å²) in [6.45, 7) is 1.39. The summed E-state index contributed by atoms with van der Waals surface area (Å²) in [5.74, 6) is 2.52. The van der Waals surface area contributed by atoms with E-state index in [0.29, 0.717) is 23.1 Å². The van der Waals surface area contributed by atoms with E-state index in [2.05, 4.69) is 14.9 Å². The van der Waals surface area contributed by atoms with Crippen molar-refractivity contribution in [2.75, 3.05) is 0 Å². The molecule has 6 nitrogen and oxygen atoms in total. The summed E-state index contributed by atoms with van der Waals surface area (Å²) in [6.07, 6.45) is 3.80. The minimum atomic E-state index is -3.63. The molecule has 0 amide bonds. The van der Waals surface area contributed by atoms with Crippen LogP contribution in [0.2, 0.25) is 0 Å². The zero-order chi connectivity index (χ0) is 14.1. The predicted molar refractivity (Wildman–Crippen MR) is 71.2 cm³/mol. The molecule has 20 heavy (non-hydrogen) atoms. The maximum absolute atomic E-state index is 12.4. The number of aromatic nitrogens is 2. The number of aryl methyl sites for hydroxylation is 1. The Bertz CT molecular complexity index is 638. The number of H-pyrrole nitrogens is 1. The van der Waals surface area contributed by atoms with Crippen molar-refractivity contribution in [2.45, 2.75) is 43.9 Å². The molecule has 1 aromatic rings. The number of sulfonamides is 1. The number of aromatic amines is 1. The second-order valence-corrected chi connectivity index (χ2v) is 8.05. The Morgan fingerprint density at radius 3 is 2.60 bits per heavy atom. The lowest BCUT2D eigenvalue weighted by Gasteiger charge is -2.10. The first-order chi connectivity index (χ1) is 9.53. The van der Waals surface area contributed by atoms with Crippen LogP contribution in [0.25, 0.3) is 0 Å². The van der Waals surface area contributed by atoms with Gasteiger partial charge >= 0.3 is 0 Å². The lowest BCUT2D eigenvalue weighted by Crippen LogP contribution is -2.31. The molecule has 4 atom stereocenters. The fourth-order valence-electron chi connectivity index (χ4n) is 4.56. The van der Waals surface area contributed by atoms with Crippen LogP contribution in [0.4, 0.5) is 0 Å². The Kier molecular flexibility index (Phi) is 2.59. The number of aliphatic hydroxyl groups excluding tert-OH is 1. The van der Waals surface area contributed by atoms with E-state index in [1.165, 1.54) is 19.3 Å². The third kappa shape index (κ3) is 1.63. The van der Waals surface area contributed by atoms with Gasteiger partial charge in [-0.2, -0.15) is 5.10 Å². The van der Waals surface area contributed by atoms with Gasteiger partial charge in [0.15, 0.2) is 5.03 Å². The number of rotatable bonds is 4. The van der Waals surface area contributed by atoms with Gasteiger partial charge in [0.2, 0.25) is 0 Å². The molecule has 3 aliphatic carbocycles. The Hall–Kier alpha value is -0.920. The smallest absolute Gasteiger partial charge is 0.260 e. The number of hydrogen-bond acceptors (Lipinski definition) is 4. The van der Waals surface area contributed by atoms with Gasteiger partial charge in [-0.1, -0.05) is 0 Å². The number of fused-ring (bicyclic) bond motifs is 5. The molecular weight excluding hydrogens is 278 g/mol. The summed E-state index contributed by atoms with van der Waals surface area (Å²) in [5, 5.41) is 15.7. The molecule has 0 spiro atoms. The Morgan fingerprint density at radius 1 is 1.35 bits per heavy atom. The Balaban J connectivity index is 1.57. The molecule has 2 bridgehead atoms. The molecule has 3 N–H and O–H groups in total. The Morgan fingerprint density at radius 2 is 2.00 bits per heavy atom. The zero-order valence-corrected chi connectivity index (χ0v) is 12.2. The van der Waals surface area contributed by atoms with Crippen molar-refractivity contribution in [2.24, 2.45) is 23.7 Å². The molecule has 4 rings (SSSR count). The molecule has 0 aliphatic heterocycles. The van der Waals surface area contributed by atoms with Crippen LogP contribution in [0.3, 0.4) is 0 Å². The third-order valence-corrected chi connectivity index (χ3v) is 6.90. The first kappa shape index (κ1) is 12.8. The molecule has 1 heterocycles. The predicted octanol–water partition coefficient (Wildman–Crippen LogP) is 0.533. The van der Waals surface area contributed by atoms with E-state index in [9.17, 15) is 13.5 Å². The van der Waals surface area contributed by atoms with Gasteiger partial charge in [-0.25, -0.2) is 13.1 Å². The van der Waals surface area contributed by atoms with E-state index in [4.69, 9.17) is 0 Å². The lowest BCUT2D eigenvalue weighted by molar-refractivity contribution is 0.277. The molecule has 110 valence electrons. The van der Waals surface area contributed by atoms with E-state index >= 15 is 0 Å². The molecule has 0 aromatic carbocycles. The maximum atomic E-state index is 12.4. The molecule has 3 aliphatic rings. The number of aliphatic hydroxyl groups is 1. The minimum absolute atomic E-state index is 0.0465. The van der Waals surface area contributed by atoms with Gasteiger partial charge in [-0.05, 0) is 49.9 Å². The fraction of sp³-hybridized carbons (Fsp3) is 0.769. The van der Waals surface area contributed by atoms with Crippen LogP contribution in [0, 0.1) is 30.6 Å². The van der Waals surface area contributed by atoms with Crippen molar-refractivity contribution in [1.82, 2.24) is 14.9 Å². The standard InChI is InChI=1S/C13H19N3O3S/c1-6-9(5-17)13(15-14-6)20(18,19)16-12-10-7-2-3-8(4-7)11(10)12/h7-8,10-12,16-17H,2-5H2,1H3,(H,14,15). The maximum Gasteiger partial charge on any atom is 0.260 e. The van der Waals surface area contributed by atoms with E-state index in [1.54, 1.807) is 6.92 Å². The summed E-state index contributed by atoms with van der Waals surface area (Å²) < 4.78 is 27.7. The molecule has 1 aromatic heterocycles. The van der Waals surface area contributed by atoms with Gasteiger partial charge in [0, 0.05) is 17.3 Å². The van der Waals surface area contributed by atoms with Gasteiger partial charge in [0.25, 0.3) is 10.0 Å². The highest BCUT2D eigenvalue weighted by atomic mass is 32.2. The Labute approximate surface area is 118 Å². The van der Waals surface area contributed by atoms with Gasteiger partial charge in [-0.15, -0.1) is 0 Å². The third-order valence-electron chi connectivity index (χ3n) is 5.48. The first-order valence-corrected chi connectivity index (χ1v) is 8.68. The van der Waals surface area contributed by atoms with E-state index < -0.39 is 10.0 Å². The van der Waals surface area contributed by atoms with Crippen LogP contribution < -0.4 is 4.72 Å². The summed E-state index contributed by atoms with van der Waals surface area (Å²) in [5.41, 5.74) is 0.968. The number of nitrogens with one attached hydrogen (secondary N) is 2. The number of nitrogens with zero attached hydrogens (tertiary/aromatic N) is 1. The van der Waals surface area contributed by atoms with Crippen LogP contribution >= 0.6 is 0 Å². The molecule has 0 saturated heterocycles. The highest BCUT2D eigenvalue weighted by molar-refractivity contribution is 7.89. The lowest BCUT2D eigenvalue weighted by atomic mass is 10.0. The van der Waals surface area contributed by atoms with E-state index in [-0.39, 0.29) is 17.7 Å². The van der Waals surface area contributed by atoms with E-state index in [1.807, 2.05) is 0 Å². The van der Waals surface area contributed by atoms with Crippen molar-refractivity contribution in [3.05, 3.63) is 11.3 Å². The molecule has 3 saturated carbocycles. The van der Waals surface area contributed by atoms with Crippen molar-refractivity contribution >= 4 is 10.0 Å². The van der Waals surface area contributed by atoms with Crippen LogP contribution in [-0.2, 0) is 16.6 Å². The van der Waals surface area contributed by atoms with Crippen LogP contribution in [0.15, 0.2) is 5.03 Å². The van der Waals surface area contributed by atoms with Crippen LogP contribution in [0.5, 0.6) is 0 Å². The summed E-state index contributed by atoms with van der Waals surface area (Å²) in [7, 11) is -3.63. The highest BCUT2D eigenvalue weighted by Crippen LogP contribution is 2.65. The molecule has 3 fully saturated rings. The SMILES string of the molecule is Cc1[nH]nc(S(=O)(=O)NC2C3C4CCC(C4)C23)c1CO. The van der Waals surface area contributed by atoms with Crippen molar-refractivity contribution in [1.29, 1.82) is 0 Å². The van der Waals surface area contributed by atoms with Gasteiger partial charge in [-0.3, -0.25) is 5.10 Å². The monoisotopic (exact) mass is 297 g/mol. The van der Waals surface area contributed by atoms with Crippen LogP contribution in [0.1, 0.15) is 30.5 Å². The zero-order valence-electron chi connectivity index (χ0n) is 11.3. The van der Waals surface area contributed by atoms with Crippen molar-refractivity contribution in [3.63, 3.8) is 0 Å². The second kappa shape index (κ2) is 4.05. The molecule has 4 unspecified atom stereocenters. The van der Waals surface area contributed by atoms with Crippen LogP contribution in [-0.4, -0.2) is 29.8 Å². The van der Waals surface area contributed by atoms with Gasteiger partial charge < -0.3 is 5.11 Å². The summed E-state index contributed by atoms with van der Waals surface area (Å²) in [4.78, 5) is 0. The number of hydrogen-bond donors (Lipinski definition) is 3. The average Bonchev–Trinajstić information content (AvgIpc) is 2.81.